The smallest absolute Gasteiger partial charge is 0.129 e. The summed E-state index contributed by atoms with van der Waals surface area (Å²) in [6.45, 7) is 6.17. The van der Waals surface area contributed by atoms with Gasteiger partial charge in [0.05, 0.1) is 16.3 Å². The van der Waals surface area contributed by atoms with E-state index in [1.54, 1.807) is 0 Å². The fourth-order valence-corrected chi connectivity index (χ4v) is 2.56. The first-order chi connectivity index (χ1) is 9.66. The van der Waals surface area contributed by atoms with Crippen LogP contribution in [0.2, 0.25) is 0 Å². The Morgan fingerprint density at radius 1 is 1.40 bits per heavy atom. The average molecular weight is 294 g/mol. The summed E-state index contributed by atoms with van der Waals surface area (Å²) < 4.78 is 11.0. The van der Waals surface area contributed by atoms with E-state index in [1.807, 2.05) is 24.4 Å². The molecule has 4 nitrogen and oxygen atoms in total. The maximum atomic E-state index is 9.90. The Morgan fingerprint density at radius 3 is 3.05 bits per heavy atom. The molecule has 110 valence electrons. The number of aromatic nitrogens is 1. The van der Waals surface area contributed by atoms with Crippen LogP contribution in [0, 0.1) is 5.92 Å². The third-order valence-corrected chi connectivity index (χ3v) is 3.83. The van der Waals surface area contributed by atoms with Gasteiger partial charge in [-0.25, -0.2) is 0 Å². The van der Waals surface area contributed by atoms with Crippen LogP contribution in [0.4, 0.5) is 0 Å². The normalized spacial score (nSPS) is 13.0. The quantitative estimate of drug-likeness (QED) is 0.735. The maximum absolute atomic E-state index is 9.90. The Bertz CT molecular complexity index is 527. The van der Waals surface area contributed by atoms with Crippen molar-refractivity contribution in [1.29, 1.82) is 0 Å². The highest BCUT2D eigenvalue weighted by atomic mass is 32.1. The van der Waals surface area contributed by atoms with Crippen LogP contribution in [0.1, 0.15) is 20.3 Å². The number of hydrogen-bond acceptors (Lipinski definition) is 5. The van der Waals surface area contributed by atoms with E-state index in [-0.39, 0.29) is 0 Å². The van der Waals surface area contributed by atoms with E-state index in [0.29, 0.717) is 19.1 Å². The first-order valence-electron chi connectivity index (χ1n) is 7.02. The van der Waals surface area contributed by atoms with Gasteiger partial charge in [-0.05, 0) is 42.5 Å². The van der Waals surface area contributed by atoms with Gasteiger partial charge in [-0.1, -0.05) is 19.9 Å². The second kappa shape index (κ2) is 7.57. The lowest BCUT2D eigenvalue weighted by Crippen LogP contribution is -2.32. The van der Waals surface area contributed by atoms with Crippen molar-refractivity contribution in [3.8, 4) is 5.75 Å². The molecule has 0 saturated heterocycles. The first-order valence-corrected chi connectivity index (χ1v) is 7.79. The fourth-order valence-electron chi connectivity index (χ4n) is 1.90. The summed E-state index contributed by atoms with van der Waals surface area (Å²) >= 11 is 1.45. The largest absolute Gasteiger partial charge is 0.490 e. The molecular formula is C15H22N2O2S. The molecule has 1 aromatic heterocycles. The lowest BCUT2D eigenvalue weighted by molar-refractivity contribution is 0.107. The second-order valence-corrected chi connectivity index (χ2v) is 6.18. The molecule has 1 heterocycles. The molecule has 0 aliphatic carbocycles. The van der Waals surface area contributed by atoms with Gasteiger partial charge in [0.15, 0.2) is 0 Å². The third-order valence-electron chi connectivity index (χ3n) is 3.07. The van der Waals surface area contributed by atoms with Crippen molar-refractivity contribution in [3.05, 3.63) is 24.4 Å². The number of aliphatic hydroxyl groups excluding tert-OH is 1. The lowest BCUT2D eigenvalue weighted by Gasteiger charge is -2.14. The summed E-state index contributed by atoms with van der Waals surface area (Å²) in [6.07, 6.45) is 2.43. The van der Waals surface area contributed by atoms with Crippen LogP contribution in [0.5, 0.6) is 5.75 Å². The molecule has 1 aromatic carbocycles. The van der Waals surface area contributed by atoms with Gasteiger partial charge >= 0.3 is 0 Å². The zero-order valence-corrected chi connectivity index (χ0v) is 12.8. The van der Waals surface area contributed by atoms with Crippen molar-refractivity contribution >= 4 is 21.6 Å². The minimum Gasteiger partial charge on any atom is -0.490 e. The predicted molar refractivity (Wildman–Crippen MR) is 83.4 cm³/mol. The van der Waals surface area contributed by atoms with Crippen LogP contribution in [-0.2, 0) is 0 Å². The van der Waals surface area contributed by atoms with Crippen LogP contribution in [0.3, 0.4) is 0 Å². The number of benzene rings is 1. The highest BCUT2D eigenvalue weighted by Gasteiger charge is 2.08. The van der Waals surface area contributed by atoms with Crippen molar-refractivity contribution < 1.29 is 9.84 Å². The molecule has 1 unspecified atom stereocenters. The van der Waals surface area contributed by atoms with Gasteiger partial charge in [-0.15, -0.1) is 0 Å². The molecule has 0 spiro atoms. The van der Waals surface area contributed by atoms with E-state index in [9.17, 15) is 5.11 Å². The van der Waals surface area contributed by atoms with Crippen molar-refractivity contribution in [2.75, 3.05) is 19.7 Å². The molecule has 0 aliphatic heterocycles. The Morgan fingerprint density at radius 2 is 2.25 bits per heavy atom. The van der Waals surface area contributed by atoms with E-state index in [2.05, 4.69) is 23.5 Å². The van der Waals surface area contributed by atoms with Gasteiger partial charge in [0.1, 0.15) is 18.5 Å². The summed E-state index contributed by atoms with van der Waals surface area (Å²) in [5, 5.41) is 14.2. The molecule has 2 rings (SSSR count). The average Bonchev–Trinajstić information content (AvgIpc) is 2.90. The highest BCUT2D eigenvalue weighted by Crippen LogP contribution is 2.27. The molecule has 0 radical (unpaired) electrons. The molecule has 2 aromatic rings. The summed E-state index contributed by atoms with van der Waals surface area (Å²) in [5.74, 6) is 1.47. The van der Waals surface area contributed by atoms with E-state index in [0.717, 1.165) is 28.8 Å². The zero-order valence-electron chi connectivity index (χ0n) is 12.0. The SMILES string of the molecule is CC(C)CCNCC(O)COc1cccc2sncc12. The van der Waals surface area contributed by atoms with Gasteiger partial charge in [0.2, 0.25) is 0 Å². The van der Waals surface area contributed by atoms with Gasteiger partial charge < -0.3 is 15.2 Å². The Labute approximate surface area is 123 Å². The van der Waals surface area contributed by atoms with Crippen LogP contribution in [0.25, 0.3) is 10.1 Å². The summed E-state index contributed by atoms with van der Waals surface area (Å²) in [7, 11) is 0. The number of fused-ring (bicyclic) bond motifs is 1. The molecule has 2 N–H and O–H groups in total. The number of aliphatic hydroxyl groups is 1. The second-order valence-electron chi connectivity index (χ2n) is 5.35. The van der Waals surface area contributed by atoms with E-state index >= 15 is 0 Å². The Kier molecular flexibility index (Phi) is 5.76. The summed E-state index contributed by atoms with van der Waals surface area (Å²) in [4.78, 5) is 0. The van der Waals surface area contributed by atoms with Gasteiger partial charge in [0.25, 0.3) is 0 Å². The number of nitrogens with zero attached hydrogens (tertiary/aromatic N) is 1. The molecule has 5 heteroatoms. The molecule has 0 bridgehead atoms. The minimum absolute atomic E-state index is 0.295. The number of hydrogen-bond donors (Lipinski definition) is 2. The van der Waals surface area contributed by atoms with Gasteiger partial charge in [-0.2, -0.15) is 4.37 Å². The molecule has 1 atom stereocenters. The molecule has 20 heavy (non-hydrogen) atoms. The van der Waals surface area contributed by atoms with Crippen molar-refractivity contribution in [2.45, 2.75) is 26.4 Å². The number of nitrogens with one attached hydrogen (secondary N) is 1. The van der Waals surface area contributed by atoms with Crippen LogP contribution in [-0.4, -0.2) is 35.3 Å². The number of rotatable bonds is 8. The van der Waals surface area contributed by atoms with E-state index in [4.69, 9.17) is 4.74 Å². The minimum atomic E-state index is -0.496. The first kappa shape index (κ1) is 15.2. The topological polar surface area (TPSA) is 54.4 Å². The van der Waals surface area contributed by atoms with Crippen LogP contribution < -0.4 is 10.1 Å². The van der Waals surface area contributed by atoms with E-state index in [1.165, 1.54) is 11.5 Å². The third kappa shape index (κ3) is 4.44. The van der Waals surface area contributed by atoms with Gasteiger partial charge in [-0.3, -0.25) is 0 Å². The van der Waals surface area contributed by atoms with Crippen molar-refractivity contribution in [2.24, 2.45) is 5.92 Å². The molecule has 0 fully saturated rings. The predicted octanol–water partition coefficient (Wildman–Crippen LogP) is 2.67. The maximum Gasteiger partial charge on any atom is 0.129 e. The monoisotopic (exact) mass is 294 g/mol. The molecule has 0 amide bonds. The standard InChI is InChI=1S/C15H22N2O2S/c1-11(2)6-7-16-8-12(18)10-19-14-4-3-5-15-13(14)9-17-20-15/h3-5,9,11-12,16,18H,6-8,10H2,1-2H3. The fraction of sp³-hybridized carbons (Fsp3) is 0.533. The van der Waals surface area contributed by atoms with Crippen molar-refractivity contribution in [3.63, 3.8) is 0 Å². The summed E-state index contributed by atoms with van der Waals surface area (Å²) in [5.41, 5.74) is 0. The zero-order chi connectivity index (χ0) is 14.4. The summed E-state index contributed by atoms with van der Waals surface area (Å²) in [6, 6.07) is 5.88. The molecule has 0 aliphatic rings. The van der Waals surface area contributed by atoms with Crippen LogP contribution >= 0.6 is 11.5 Å². The Balaban J connectivity index is 1.76. The number of ether oxygens (including phenoxy) is 1. The molecular weight excluding hydrogens is 272 g/mol. The van der Waals surface area contributed by atoms with E-state index < -0.39 is 6.10 Å². The highest BCUT2D eigenvalue weighted by molar-refractivity contribution is 7.13. The molecule has 0 saturated carbocycles. The Hall–Kier alpha value is -1.17. The van der Waals surface area contributed by atoms with Gasteiger partial charge in [0, 0.05) is 6.54 Å². The van der Waals surface area contributed by atoms with Crippen LogP contribution in [0.15, 0.2) is 24.4 Å². The lowest BCUT2D eigenvalue weighted by atomic mass is 10.1. The van der Waals surface area contributed by atoms with Crippen molar-refractivity contribution in [1.82, 2.24) is 9.69 Å².